The number of rotatable bonds is 2. The first-order valence-corrected chi connectivity index (χ1v) is 3.61. The third-order valence-electron chi connectivity index (χ3n) is 1.79. The van der Waals surface area contributed by atoms with Crippen molar-refractivity contribution >= 4 is 5.71 Å². The van der Waals surface area contributed by atoms with E-state index < -0.39 is 0 Å². The number of hydrogen-bond donors (Lipinski definition) is 0. The lowest BCUT2D eigenvalue weighted by molar-refractivity contribution is 0.812. The van der Waals surface area contributed by atoms with Gasteiger partial charge in [-0.25, -0.2) is 0 Å². The van der Waals surface area contributed by atoms with E-state index in [2.05, 4.69) is 24.9 Å². The molecule has 0 aliphatic carbocycles. The summed E-state index contributed by atoms with van der Waals surface area (Å²) in [7, 11) is 0. The van der Waals surface area contributed by atoms with E-state index in [1.165, 1.54) is 12.1 Å². The van der Waals surface area contributed by atoms with Gasteiger partial charge in [0.05, 0.1) is 0 Å². The lowest BCUT2D eigenvalue weighted by Gasteiger charge is -2.04. The van der Waals surface area contributed by atoms with Gasteiger partial charge in [0.25, 0.3) is 0 Å². The second kappa shape index (κ2) is 2.81. The molecule has 0 saturated carbocycles. The zero-order valence-electron chi connectivity index (χ0n) is 6.09. The molecular formula is C8H13N. The third kappa shape index (κ3) is 1.21. The van der Waals surface area contributed by atoms with E-state index in [-0.39, 0.29) is 0 Å². The molecule has 0 aromatic carbocycles. The zero-order valence-corrected chi connectivity index (χ0v) is 6.09. The summed E-state index contributed by atoms with van der Waals surface area (Å²) in [6, 6.07) is 0. The van der Waals surface area contributed by atoms with Gasteiger partial charge < -0.3 is 0 Å². The highest BCUT2D eigenvalue weighted by Crippen LogP contribution is 2.15. The maximum absolute atomic E-state index is 4.24. The second-order valence-electron chi connectivity index (χ2n) is 2.33. The molecule has 50 valence electrons. The molecule has 0 N–H and O–H groups in total. The lowest BCUT2D eigenvalue weighted by atomic mass is 10.0. The van der Waals surface area contributed by atoms with Gasteiger partial charge in [0, 0.05) is 17.8 Å². The van der Waals surface area contributed by atoms with Crippen molar-refractivity contribution in [2.45, 2.75) is 26.7 Å². The van der Waals surface area contributed by atoms with Crippen molar-refractivity contribution in [1.82, 2.24) is 0 Å². The van der Waals surface area contributed by atoms with Crippen molar-refractivity contribution in [3.05, 3.63) is 12.3 Å². The molecule has 0 saturated heterocycles. The molecule has 1 rings (SSSR count). The molecule has 0 aromatic rings. The molecule has 1 heterocycles. The number of hydrogen-bond acceptors (Lipinski definition) is 1. The van der Waals surface area contributed by atoms with Crippen LogP contribution in [0.5, 0.6) is 0 Å². The van der Waals surface area contributed by atoms with Crippen LogP contribution < -0.4 is 0 Å². The average Bonchev–Trinajstić information content (AvgIpc) is 2.33. The van der Waals surface area contributed by atoms with Crippen LogP contribution in [0, 0.1) is 5.92 Å². The van der Waals surface area contributed by atoms with Crippen LogP contribution >= 0.6 is 0 Å². The molecule has 0 amide bonds. The van der Waals surface area contributed by atoms with Crippen LogP contribution in [0.25, 0.3) is 0 Å². The van der Waals surface area contributed by atoms with Gasteiger partial charge in [-0.05, 0) is 12.8 Å². The van der Waals surface area contributed by atoms with Crippen LogP contribution in [0.1, 0.15) is 26.7 Å². The molecule has 0 bridgehead atoms. The number of allylic oxidation sites excluding steroid dienone is 1. The molecule has 0 aromatic heterocycles. The lowest BCUT2D eigenvalue weighted by Crippen LogP contribution is -2.05. The first-order chi connectivity index (χ1) is 4.38. The van der Waals surface area contributed by atoms with Gasteiger partial charge in [-0.1, -0.05) is 19.9 Å². The normalized spacial score (nSPS) is 24.7. The van der Waals surface area contributed by atoms with E-state index in [4.69, 9.17) is 0 Å². The van der Waals surface area contributed by atoms with Gasteiger partial charge in [0.15, 0.2) is 0 Å². The van der Waals surface area contributed by atoms with Crippen LogP contribution in [-0.4, -0.2) is 5.71 Å². The average molecular weight is 123 g/mol. The predicted octanol–water partition coefficient (Wildman–Crippen LogP) is 2.39. The molecule has 0 spiro atoms. The standard InChI is InChI=1S/C8H13N/c1-3-7-5-6-9-8(7)4-2/h5-7H,3-4H2,1-2H3. The summed E-state index contributed by atoms with van der Waals surface area (Å²) in [6.45, 7) is 4.36. The number of nitrogens with zero attached hydrogens (tertiary/aromatic N) is 1. The molecule has 1 unspecified atom stereocenters. The molecule has 1 aliphatic heterocycles. The van der Waals surface area contributed by atoms with Gasteiger partial charge in [-0.15, -0.1) is 0 Å². The fraction of sp³-hybridized carbons (Fsp3) is 0.625. The Hall–Kier alpha value is -0.590. The Bertz CT molecular complexity index is 145. The molecule has 0 fully saturated rings. The fourth-order valence-corrected chi connectivity index (χ4v) is 1.17. The SMILES string of the molecule is CCC1=NC=CC1CC. The first-order valence-electron chi connectivity index (χ1n) is 3.61. The Kier molecular flexibility index (Phi) is 2.04. The molecule has 1 nitrogen and oxygen atoms in total. The molecule has 1 heteroatoms. The Morgan fingerprint density at radius 2 is 2.33 bits per heavy atom. The van der Waals surface area contributed by atoms with E-state index in [0.29, 0.717) is 5.92 Å². The molecular weight excluding hydrogens is 110 g/mol. The van der Waals surface area contributed by atoms with E-state index in [9.17, 15) is 0 Å². The quantitative estimate of drug-likeness (QED) is 0.534. The topological polar surface area (TPSA) is 12.4 Å². The summed E-state index contributed by atoms with van der Waals surface area (Å²) in [5.41, 5.74) is 1.34. The van der Waals surface area contributed by atoms with Gasteiger partial charge in [0.1, 0.15) is 0 Å². The van der Waals surface area contributed by atoms with Gasteiger partial charge in [-0.2, -0.15) is 0 Å². The second-order valence-corrected chi connectivity index (χ2v) is 2.33. The first kappa shape index (κ1) is 6.53. The predicted molar refractivity (Wildman–Crippen MR) is 40.6 cm³/mol. The summed E-state index contributed by atoms with van der Waals surface area (Å²) in [6.07, 6.45) is 6.40. The van der Waals surface area contributed by atoms with Crippen molar-refractivity contribution in [2.75, 3.05) is 0 Å². The van der Waals surface area contributed by atoms with Crippen LogP contribution in [-0.2, 0) is 0 Å². The van der Waals surface area contributed by atoms with Gasteiger partial charge in [-0.3, -0.25) is 4.99 Å². The highest BCUT2D eigenvalue weighted by molar-refractivity contribution is 5.90. The van der Waals surface area contributed by atoms with Crippen molar-refractivity contribution in [3.8, 4) is 0 Å². The van der Waals surface area contributed by atoms with Crippen LogP contribution in [0.3, 0.4) is 0 Å². The maximum atomic E-state index is 4.24. The van der Waals surface area contributed by atoms with Crippen LogP contribution in [0.4, 0.5) is 0 Å². The highest BCUT2D eigenvalue weighted by atomic mass is 14.7. The maximum Gasteiger partial charge on any atom is 0.0245 e. The summed E-state index contributed by atoms with van der Waals surface area (Å²) in [5.74, 6) is 0.648. The third-order valence-corrected chi connectivity index (χ3v) is 1.79. The minimum Gasteiger partial charge on any atom is -0.265 e. The Morgan fingerprint density at radius 3 is 2.78 bits per heavy atom. The largest absolute Gasteiger partial charge is 0.265 e. The smallest absolute Gasteiger partial charge is 0.0245 e. The zero-order chi connectivity index (χ0) is 6.69. The van der Waals surface area contributed by atoms with Crippen molar-refractivity contribution < 1.29 is 0 Å². The molecule has 1 aliphatic rings. The summed E-state index contributed by atoms with van der Waals surface area (Å²) < 4.78 is 0. The van der Waals surface area contributed by atoms with E-state index in [1.807, 2.05) is 6.20 Å². The summed E-state index contributed by atoms with van der Waals surface area (Å²) in [4.78, 5) is 4.24. The van der Waals surface area contributed by atoms with Crippen molar-refractivity contribution in [2.24, 2.45) is 10.9 Å². The van der Waals surface area contributed by atoms with E-state index >= 15 is 0 Å². The Morgan fingerprint density at radius 1 is 1.56 bits per heavy atom. The van der Waals surface area contributed by atoms with E-state index in [1.54, 1.807) is 0 Å². The minimum absolute atomic E-state index is 0.648. The minimum atomic E-state index is 0.648. The fourth-order valence-electron chi connectivity index (χ4n) is 1.17. The Balaban J connectivity index is 2.55. The molecule has 1 atom stereocenters. The van der Waals surface area contributed by atoms with Gasteiger partial charge >= 0.3 is 0 Å². The van der Waals surface area contributed by atoms with E-state index in [0.717, 1.165) is 6.42 Å². The summed E-state index contributed by atoms with van der Waals surface area (Å²) >= 11 is 0. The highest BCUT2D eigenvalue weighted by Gasteiger charge is 2.11. The summed E-state index contributed by atoms with van der Waals surface area (Å²) in [5, 5.41) is 0. The molecule has 9 heavy (non-hydrogen) atoms. The number of aliphatic imine (C=N–C) groups is 1. The van der Waals surface area contributed by atoms with Crippen molar-refractivity contribution in [1.29, 1.82) is 0 Å². The van der Waals surface area contributed by atoms with Gasteiger partial charge in [0.2, 0.25) is 0 Å². The van der Waals surface area contributed by atoms with Crippen LogP contribution in [0.15, 0.2) is 17.3 Å². The van der Waals surface area contributed by atoms with Crippen LogP contribution in [0.2, 0.25) is 0 Å². The van der Waals surface area contributed by atoms with Crippen molar-refractivity contribution in [3.63, 3.8) is 0 Å². The monoisotopic (exact) mass is 123 g/mol. The Labute approximate surface area is 56.5 Å². The molecule has 0 radical (unpaired) electrons.